The molecule has 1 aliphatic heterocycles. The number of nitrogens with zero attached hydrogens (tertiary/aromatic N) is 3. The summed E-state index contributed by atoms with van der Waals surface area (Å²) in [6, 6.07) is 8.69. The van der Waals surface area contributed by atoms with Gasteiger partial charge in [-0.2, -0.15) is 9.98 Å². The molecule has 0 saturated carbocycles. The summed E-state index contributed by atoms with van der Waals surface area (Å²) in [6.07, 6.45) is 5.52. The van der Waals surface area contributed by atoms with Crippen molar-refractivity contribution in [3.8, 4) is 0 Å². The van der Waals surface area contributed by atoms with Crippen LogP contribution in [0.2, 0.25) is 10.0 Å². The summed E-state index contributed by atoms with van der Waals surface area (Å²) in [7, 11) is 1.61. The van der Waals surface area contributed by atoms with Crippen molar-refractivity contribution in [1.29, 1.82) is 0 Å². The van der Waals surface area contributed by atoms with E-state index in [0.717, 1.165) is 18.4 Å². The second kappa shape index (κ2) is 14.8. The van der Waals surface area contributed by atoms with Gasteiger partial charge in [-0.3, -0.25) is 14.4 Å². The molecule has 8 nitrogen and oxygen atoms in total. The van der Waals surface area contributed by atoms with Crippen LogP contribution in [0.5, 0.6) is 0 Å². The Morgan fingerprint density at radius 2 is 1.82 bits per heavy atom. The smallest absolute Gasteiger partial charge is 0.254 e. The second-order valence-corrected chi connectivity index (χ2v) is 9.97. The van der Waals surface area contributed by atoms with E-state index in [0.29, 0.717) is 40.8 Å². The van der Waals surface area contributed by atoms with E-state index in [9.17, 15) is 14.4 Å². The molecule has 0 bridgehead atoms. The Morgan fingerprint density at radius 3 is 2.46 bits per heavy atom. The molecule has 2 aromatic rings. The maximum Gasteiger partial charge on any atom is 0.254 e. The summed E-state index contributed by atoms with van der Waals surface area (Å²) in [5, 5.41) is 10.9. The van der Waals surface area contributed by atoms with Crippen molar-refractivity contribution in [3.63, 3.8) is 0 Å². The van der Waals surface area contributed by atoms with Crippen LogP contribution in [0.3, 0.4) is 0 Å². The van der Waals surface area contributed by atoms with Crippen LogP contribution in [0.25, 0.3) is 0 Å². The molecule has 0 radical (unpaired) electrons. The first-order valence-corrected chi connectivity index (χ1v) is 13.6. The van der Waals surface area contributed by atoms with Crippen LogP contribution in [-0.2, 0) is 16.0 Å². The van der Waals surface area contributed by atoms with Gasteiger partial charge in [0.15, 0.2) is 0 Å². The molecular formula is C27H25Cl2N5O3S2. The Balaban J connectivity index is 1.90. The van der Waals surface area contributed by atoms with E-state index < -0.39 is 18.0 Å². The lowest BCUT2D eigenvalue weighted by Gasteiger charge is -2.26. The van der Waals surface area contributed by atoms with Crippen molar-refractivity contribution >= 4 is 87.1 Å². The van der Waals surface area contributed by atoms with Gasteiger partial charge < -0.3 is 15.5 Å². The van der Waals surface area contributed by atoms with Gasteiger partial charge in [-0.05, 0) is 86.0 Å². The number of isothiocyanates is 2. The molecule has 0 aliphatic carbocycles. The van der Waals surface area contributed by atoms with E-state index in [-0.39, 0.29) is 17.4 Å². The lowest BCUT2D eigenvalue weighted by Crippen LogP contribution is -2.45. The first kappa shape index (κ1) is 30.3. The maximum absolute atomic E-state index is 13.6. The molecule has 0 aromatic heterocycles. The quantitative estimate of drug-likeness (QED) is 0.225. The van der Waals surface area contributed by atoms with Gasteiger partial charge >= 0.3 is 0 Å². The third-order valence-corrected chi connectivity index (χ3v) is 6.99. The van der Waals surface area contributed by atoms with Crippen LogP contribution in [0.4, 0.5) is 11.4 Å². The predicted molar refractivity (Wildman–Crippen MR) is 160 cm³/mol. The van der Waals surface area contributed by atoms with Gasteiger partial charge in [-0.25, -0.2) is 0 Å². The fraction of sp³-hybridized carbons (Fsp3) is 0.296. The lowest BCUT2D eigenvalue weighted by molar-refractivity contribution is -0.126. The summed E-state index contributed by atoms with van der Waals surface area (Å²) in [5.74, 6) is -1.01. The van der Waals surface area contributed by atoms with Gasteiger partial charge in [0.05, 0.1) is 37.8 Å². The molecule has 3 amide bonds. The molecule has 1 heterocycles. The Kier molecular flexibility index (Phi) is 11.5. The van der Waals surface area contributed by atoms with Crippen molar-refractivity contribution in [3.05, 3.63) is 69.7 Å². The molecule has 1 saturated heterocycles. The SMILES string of the molecule is CN(C(=O)c1cc(N=C=S)cc(N=C=S)c1)[C@@H](/C=C/C(=O)N[C@@H]1CCCCNC1=O)Cc1ccc(Cl)c(Cl)c1. The minimum atomic E-state index is -0.609. The van der Waals surface area contributed by atoms with Gasteiger partial charge in [0.25, 0.3) is 5.91 Å². The maximum atomic E-state index is 13.6. The molecule has 39 heavy (non-hydrogen) atoms. The molecule has 0 spiro atoms. The van der Waals surface area contributed by atoms with Crippen LogP contribution < -0.4 is 10.6 Å². The summed E-state index contributed by atoms with van der Waals surface area (Å²) in [6.45, 7) is 0.591. The van der Waals surface area contributed by atoms with E-state index in [4.69, 9.17) is 47.6 Å². The standard InChI is InChI=1S/C27H25Cl2N5O3S2/c1-34(27(37)18-12-19(31-15-38)14-20(13-18)32-16-39)21(10-17-5-7-22(28)23(29)11-17)6-8-25(35)33-24-4-2-3-9-30-26(24)36/h5-8,11-14,21,24H,2-4,9-10H2,1H3,(H,30,36)(H,33,35)/b8-6+/t21-,24+/m0/s1. The average molecular weight is 603 g/mol. The molecule has 12 heteroatoms. The Hall–Kier alpha value is -3.23. The fourth-order valence-electron chi connectivity index (χ4n) is 4.04. The molecule has 202 valence electrons. The molecule has 2 N–H and O–H groups in total. The summed E-state index contributed by atoms with van der Waals surface area (Å²) in [5.41, 5.74) is 1.84. The summed E-state index contributed by atoms with van der Waals surface area (Å²) >= 11 is 21.7. The van der Waals surface area contributed by atoms with Gasteiger partial charge in [0.2, 0.25) is 11.8 Å². The van der Waals surface area contributed by atoms with Crippen LogP contribution in [0.1, 0.15) is 35.2 Å². The first-order chi connectivity index (χ1) is 18.7. The van der Waals surface area contributed by atoms with Crippen molar-refractivity contribution in [2.75, 3.05) is 13.6 Å². The second-order valence-electron chi connectivity index (χ2n) is 8.79. The number of rotatable bonds is 9. The largest absolute Gasteiger partial charge is 0.354 e. The number of likely N-dealkylation sites (N-methyl/N-ethyl adjacent to an activating group) is 1. The van der Waals surface area contributed by atoms with Gasteiger partial charge in [0.1, 0.15) is 6.04 Å². The number of carbonyl (C=O) groups is 3. The molecule has 3 rings (SSSR count). The summed E-state index contributed by atoms with van der Waals surface area (Å²) in [4.78, 5) is 47.9. The summed E-state index contributed by atoms with van der Waals surface area (Å²) < 4.78 is 0. The normalized spacial score (nSPS) is 15.8. The highest BCUT2D eigenvalue weighted by Gasteiger charge is 2.24. The third kappa shape index (κ3) is 8.90. The zero-order valence-electron chi connectivity index (χ0n) is 20.9. The molecular weight excluding hydrogens is 577 g/mol. The number of hydrogen-bond acceptors (Lipinski definition) is 7. The number of nitrogens with one attached hydrogen (secondary N) is 2. The van der Waals surface area contributed by atoms with E-state index in [1.807, 2.05) is 0 Å². The number of hydrogen-bond donors (Lipinski definition) is 2. The van der Waals surface area contributed by atoms with E-state index >= 15 is 0 Å². The molecule has 0 unspecified atom stereocenters. The van der Waals surface area contributed by atoms with Crippen molar-refractivity contribution in [1.82, 2.24) is 15.5 Å². The average Bonchev–Trinajstić information content (AvgIpc) is 3.11. The van der Waals surface area contributed by atoms with Gasteiger partial charge in [-0.1, -0.05) is 35.3 Å². The van der Waals surface area contributed by atoms with E-state index in [1.54, 1.807) is 49.5 Å². The van der Waals surface area contributed by atoms with E-state index in [1.165, 1.54) is 11.0 Å². The lowest BCUT2D eigenvalue weighted by atomic mass is 10.0. The van der Waals surface area contributed by atoms with Crippen LogP contribution in [0.15, 0.2) is 58.5 Å². The zero-order chi connectivity index (χ0) is 28.4. The van der Waals surface area contributed by atoms with Gasteiger partial charge in [0, 0.05) is 25.2 Å². The van der Waals surface area contributed by atoms with Crippen molar-refractivity contribution in [2.24, 2.45) is 9.98 Å². The minimum absolute atomic E-state index is 0.206. The molecule has 2 aromatic carbocycles. The number of amides is 3. The van der Waals surface area contributed by atoms with Crippen molar-refractivity contribution < 1.29 is 14.4 Å². The number of thiocarbonyl (C=S) groups is 2. The minimum Gasteiger partial charge on any atom is -0.354 e. The Labute approximate surface area is 247 Å². The van der Waals surface area contributed by atoms with Crippen molar-refractivity contribution in [2.45, 2.75) is 37.8 Å². The van der Waals surface area contributed by atoms with Crippen LogP contribution in [0, 0.1) is 0 Å². The van der Waals surface area contributed by atoms with Crippen LogP contribution in [-0.4, -0.2) is 58.6 Å². The third-order valence-electron chi connectivity index (χ3n) is 6.07. The van der Waals surface area contributed by atoms with E-state index in [2.05, 4.69) is 30.9 Å². The Bertz CT molecular complexity index is 1350. The number of halogens is 2. The highest BCUT2D eigenvalue weighted by atomic mass is 35.5. The fourth-order valence-corrected chi connectivity index (χ4v) is 4.58. The first-order valence-electron chi connectivity index (χ1n) is 12.0. The topological polar surface area (TPSA) is 103 Å². The number of benzene rings is 2. The monoisotopic (exact) mass is 601 g/mol. The van der Waals surface area contributed by atoms with Crippen LogP contribution >= 0.6 is 47.6 Å². The highest BCUT2D eigenvalue weighted by molar-refractivity contribution is 7.78. The zero-order valence-corrected chi connectivity index (χ0v) is 24.1. The number of aliphatic imine (C=N–C) groups is 2. The Morgan fingerprint density at radius 1 is 1.13 bits per heavy atom. The molecule has 2 atom stereocenters. The number of carbonyl (C=O) groups excluding carboxylic acids is 3. The highest BCUT2D eigenvalue weighted by Crippen LogP contribution is 2.26. The predicted octanol–water partition coefficient (Wildman–Crippen LogP) is 5.49. The van der Waals surface area contributed by atoms with Gasteiger partial charge in [-0.15, -0.1) is 0 Å². The molecule has 1 fully saturated rings. The molecule has 1 aliphatic rings.